The zero-order valence-electron chi connectivity index (χ0n) is 22.1. The molecule has 0 amide bonds. The topological polar surface area (TPSA) is 158 Å². The fourth-order valence-electron chi connectivity index (χ4n) is 3.49. The van der Waals surface area contributed by atoms with Gasteiger partial charge in [-0.3, -0.25) is 0 Å². The molecule has 4 aromatic heterocycles. The van der Waals surface area contributed by atoms with Crippen molar-refractivity contribution >= 4 is 0 Å². The van der Waals surface area contributed by atoms with Crippen molar-refractivity contribution in [2.45, 2.75) is 85.7 Å². The van der Waals surface area contributed by atoms with Crippen molar-refractivity contribution in [3.63, 3.8) is 0 Å². The lowest BCUT2D eigenvalue weighted by Gasteiger charge is -2.14. The van der Waals surface area contributed by atoms with E-state index in [4.69, 9.17) is 0 Å². The Kier molecular flexibility index (Phi) is 6.80. The summed E-state index contributed by atoms with van der Waals surface area (Å²) < 4.78 is 6.96. The van der Waals surface area contributed by atoms with Gasteiger partial charge in [0.15, 0.2) is 0 Å². The Balaban J connectivity index is 1.81. The van der Waals surface area contributed by atoms with Gasteiger partial charge in [0.2, 0.25) is 0 Å². The molecule has 4 aromatic rings. The van der Waals surface area contributed by atoms with E-state index in [0.717, 1.165) is 13.7 Å². The molecule has 0 fully saturated rings. The Bertz CT molecular complexity index is 1480. The number of nitrogens with zero attached hydrogens (tertiary/aromatic N) is 12. The highest BCUT2D eigenvalue weighted by Crippen LogP contribution is 2.18. The van der Waals surface area contributed by atoms with Gasteiger partial charge in [0, 0.05) is 5.41 Å². The average Bonchev–Trinajstić information content (AvgIpc) is 3.57. The summed E-state index contributed by atoms with van der Waals surface area (Å²) in [5.41, 5.74) is -0.565. The molecule has 4 rings (SSSR count). The molecule has 0 radical (unpaired) electrons. The van der Waals surface area contributed by atoms with E-state index >= 15 is 0 Å². The number of hydrogen-bond donors (Lipinski definition) is 0. The van der Waals surface area contributed by atoms with Gasteiger partial charge in [0.25, 0.3) is 0 Å². The van der Waals surface area contributed by atoms with Crippen molar-refractivity contribution in [2.75, 3.05) is 0 Å². The molecule has 0 spiro atoms. The van der Waals surface area contributed by atoms with Crippen LogP contribution in [0.5, 0.6) is 0 Å². The normalized spacial score (nSPS) is 12.2. The minimum atomic E-state index is -0.804. The molecule has 0 bridgehead atoms. The zero-order chi connectivity index (χ0) is 27.1. The van der Waals surface area contributed by atoms with Gasteiger partial charge in [0.1, 0.15) is 20.0 Å². The average molecular weight is 513 g/mol. The van der Waals surface area contributed by atoms with Gasteiger partial charge in [-0.05, 0) is 11.8 Å². The highest BCUT2D eigenvalue weighted by atomic mass is 16.2. The monoisotopic (exact) mass is 512 g/mol. The lowest BCUT2D eigenvalue weighted by Crippen LogP contribution is -2.56. The highest BCUT2D eigenvalue weighted by Gasteiger charge is 2.21. The number of hydrogen-bond acceptors (Lipinski definition) is 9. The van der Waals surface area contributed by atoms with Gasteiger partial charge >= 0.3 is 17.1 Å². The third-order valence-corrected chi connectivity index (χ3v) is 5.85. The molecule has 0 aromatic carbocycles. The molecule has 4 heterocycles. The Morgan fingerprint density at radius 2 is 0.973 bits per heavy atom. The molecular formula is C22H32N12O3. The largest absolute Gasteiger partial charge is 0.339 e. The maximum absolute atomic E-state index is 13.4. The van der Waals surface area contributed by atoms with E-state index in [0.29, 0.717) is 17.1 Å². The van der Waals surface area contributed by atoms with Crippen LogP contribution in [0.25, 0.3) is 0 Å². The Hall–Kier alpha value is -4.17. The van der Waals surface area contributed by atoms with E-state index in [9.17, 15) is 14.4 Å². The summed E-state index contributed by atoms with van der Waals surface area (Å²) in [4.78, 5) is 40.2. The third-order valence-electron chi connectivity index (χ3n) is 5.85. The highest BCUT2D eigenvalue weighted by molar-refractivity contribution is 5.06. The van der Waals surface area contributed by atoms with Gasteiger partial charge < -0.3 is 0 Å². The predicted octanol–water partition coefficient (Wildman–Crippen LogP) is 0.00790. The molecular weight excluding hydrogens is 480 g/mol. The van der Waals surface area contributed by atoms with Gasteiger partial charge in [-0.25, -0.2) is 42.1 Å². The van der Waals surface area contributed by atoms with Crippen LogP contribution in [-0.2, 0) is 25.4 Å². The Morgan fingerprint density at radius 1 is 0.622 bits per heavy atom. The molecule has 0 atom stereocenters. The molecule has 0 aliphatic rings. The van der Waals surface area contributed by atoms with Gasteiger partial charge in [-0.2, -0.15) is 0 Å². The van der Waals surface area contributed by atoms with Gasteiger partial charge in [-0.1, -0.05) is 64.1 Å². The smallest absolute Gasteiger partial charge is 0.247 e. The van der Waals surface area contributed by atoms with E-state index in [1.807, 2.05) is 48.5 Å². The second kappa shape index (κ2) is 9.71. The molecule has 37 heavy (non-hydrogen) atoms. The van der Waals surface area contributed by atoms with Gasteiger partial charge in [0.05, 0.1) is 35.7 Å². The molecule has 0 N–H and O–H groups in total. The second-order valence-electron chi connectivity index (χ2n) is 10.6. The summed E-state index contributed by atoms with van der Waals surface area (Å²) in [6, 6.07) is 0. The van der Waals surface area contributed by atoms with E-state index < -0.39 is 17.1 Å². The molecule has 15 nitrogen and oxygen atoms in total. The summed E-state index contributed by atoms with van der Waals surface area (Å²) >= 11 is 0. The minimum absolute atomic E-state index is 0.114. The minimum Gasteiger partial charge on any atom is -0.247 e. The lowest BCUT2D eigenvalue weighted by molar-refractivity contribution is 0.372. The van der Waals surface area contributed by atoms with E-state index in [1.54, 1.807) is 18.6 Å². The summed E-state index contributed by atoms with van der Waals surface area (Å²) in [6.07, 6.45) is 5.00. The van der Waals surface area contributed by atoms with Gasteiger partial charge in [-0.15, -0.1) is 15.3 Å². The maximum atomic E-state index is 13.4. The first-order chi connectivity index (χ1) is 17.3. The van der Waals surface area contributed by atoms with Crippen LogP contribution >= 0.6 is 0 Å². The van der Waals surface area contributed by atoms with Crippen LogP contribution in [0.1, 0.15) is 77.4 Å². The first kappa shape index (κ1) is 25.9. The van der Waals surface area contributed by atoms with Crippen LogP contribution in [0.15, 0.2) is 33.0 Å². The summed E-state index contributed by atoms with van der Waals surface area (Å²) in [7, 11) is 0. The first-order valence-electron chi connectivity index (χ1n) is 12.0. The van der Waals surface area contributed by atoms with E-state index in [1.165, 1.54) is 14.0 Å². The predicted molar refractivity (Wildman–Crippen MR) is 132 cm³/mol. The molecule has 0 aliphatic carbocycles. The van der Waals surface area contributed by atoms with E-state index in [-0.39, 0.29) is 37.3 Å². The SMILES string of the molecule is CC(C)c1cn(Cn2c(=O)n(Cn3cc(C(C)C)nn3)c(=O)n(Cn3cc(C(C)(C)C)nn3)c2=O)nn1. The van der Waals surface area contributed by atoms with Crippen molar-refractivity contribution in [3.05, 3.63) is 67.1 Å². The lowest BCUT2D eigenvalue weighted by atomic mass is 9.93. The van der Waals surface area contributed by atoms with E-state index in [2.05, 4.69) is 30.9 Å². The van der Waals surface area contributed by atoms with Crippen molar-refractivity contribution in [1.82, 2.24) is 58.7 Å². The van der Waals surface area contributed by atoms with Crippen LogP contribution in [0, 0.1) is 0 Å². The maximum Gasteiger partial charge on any atom is 0.339 e. The quantitative estimate of drug-likeness (QED) is 0.317. The Labute approximate surface area is 212 Å². The van der Waals surface area contributed by atoms with Crippen LogP contribution < -0.4 is 17.1 Å². The van der Waals surface area contributed by atoms with Crippen LogP contribution in [0.3, 0.4) is 0 Å². The molecule has 0 saturated heterocycles. The Morgan fingerprint density at radius 3 is 1.27 bits per heavy atom. The second-order valence-corrected chi connectivity index (χ2v) is 10.6. The van der Waals surface area contributed by atoms with Crippen molar-refractivity contribution in [3.8, 4) is 0 Å². The number of rotatable bonds is 8. The third kappa shape index (κ3) is 5.34. The molecule has 198 valence electrons. The van der Waals surface area contributed by atoms with Crippen molar-refractivity contribution in [2.24, 2.45) is 0 Å². The number of aromatic nitrogens is 12. The molecule has 0 aliphatic heterocycles. The first-order valence-corrected chi connectivity index (χ1v) is 12.0. The molecule has 0 unspecified atom stereocenters. The summed E-state index contributed by atoms with van der Waals surface area (Å²) in [5.74, 6) is 0.228. The van der Waals surface area contributed by atoms with Crippen LogP contribution in [-0.4, -0.2) is 58.7 Å². The summed E-state index contributed by atoms with van der Waals surface area (Å²) in [6.45, 7) is 13.1. The fraction of sp³-hybridized carbons (Fsp3) is 0.591. The molecule has 0 saturated carbocycles. The van der Waals surface area contributed by atoms with Crippen LogP contribution in [0.2, 0.25) is 0 Å². The fourth-order valence-corrected chi connectivity index (χ4v) is 3.49. The van der Waals surface area contributed by atoms with Crippen molar-refractivity contribution in [1.29, 1.82) is 0 Å². The summed E-state index contributed by atoms with van der Waals surface area (Å²) in [5, 5.41) is 24.5. The standard InChI is InChI=1S/C22H32N12O3/c1-14(2)16-8-29(26-23-16)11-32-19(35)33(12-30-9-17(15(3)4)24-27-30)21(37)34(20(32)36)13-31-10-18(25-28-31)22(5,6)7/h8-10,14-15H,11-13H2,1-7H3. The zero-order valence-corrected chi connectivity index (χ0v) is 22.1. The van der Waals surface area contributed by atoms with Crippen molar-refractivity contribution < 1.29 is 0 Å². The van der Waals surface area contributed by atoms with Crippen LogP contribution in [0.4, 0.5) is 0 Å². The molecule has 15 heteroatoms.